The number of carbonyl (C=O) groups excluding carboxylic acids is 4. The number of nitrogens with zero attached hydrogens (tertiary/aromatic N) is 1. The highest BCUT2D eigenvalue weighted by Gasteiger charge is 2.56. The highest BCUT2D eigenvalue weighted by Crippen LogP contribution is 2.55. The van der Waals surface area contributed by atoms with E-state index in [9.17, 15) is 37.5 Å². The first-order valence-corrected chi connectivity index (χ1v) is 11.6. The van der Waals surface area contributed by atoms with Crippen molar-refractivity contribution in [2.24, 2.45) is 17.3 Å². The minimum Gasteiger partial charge on any atom is -0.383 e. The predicted molar refractivity (Wildman–Crippen MR) is 112 cm³/mol. The molecular weight excluding hydrogens is 459 g/mol. The highest BCUT2D eigenvalue weighted by atomic mass is 19.4. The fourth-order valence-electron chi connectivity index (χ4n) is 4.75. The Bertz CT molecular complexity index is 814. The fourth-order valence-corrected chi connectivity index (χ4v) is 4.75. The van der Waals surface area contributed by atoms with Crippen LogP contribution in [0.2, 0.25) is 0 Å². The molecule has 3 N–H and O–H groups in total. The van der Waals surface area contributed by atoms with Gasteiger partial charge in [0.15, 0.2) is 5.78 Å². The topological polar surface area (TPSA) is 125 Å². The third kappa shape index (κ3) is 6.68. The zero-order chi connectivity index (χ0) is 25.3. The van der Waals surface area contributed by atoms with Crippen LogP contribution in [0.4, 0.5) is 13.2 Å². The second-order valence-electron chi connectivity index (χ2n) is 10.1. The van der Waals surface area contributed by atoms with E-state index in [1.807, 2.05) is 13.8 Å². The van der Waals surface area contributed by atoms with Crippen LogP contribution in [0.15, 0.2) is 0 Å². The number of halogens is 3. The lowest BCUT2D eigenvalue weighted by Gasteiger charge is -2.28. The van der Waals surface area contributed by atoms with E-state index in [1.165, 1.54) is 4.90 Å². The molecule has 3 fully saturated rings. The van der Waals surface area contributed by atoms with Crippen LogP contribution in [0.5, 0.6) is 0 Å². The summed E-state index contributed by atoms with van der Waals surface area (Å²) >= 11 is 0. The number of ether oxygens (including phenoxy) is 1. The van der Waals surface area contributed by atoms with Gasteiger partial charge in [0.05, 0.1) is 6.04 Å². The smallest absolute Gasteiger partial charge is 0.383 e. The van der Waals surface area contributed by atoms with Crippen molar-refractivity contribution in [1.29, 1.82) is 0 Å². The van der Waals surface area contributed by atoms with Crippen molar-refractivity contribution in [2.45, 2.75) is 76.9 Å². The lowest BCUT2D eigenvalue weighted by atomic mass is 9.95. The van der Waals surface area contributed by atoms with E-state index in [0.717, 1.165) is 12.8 Å². The van der Waals surface area contributed by atoms with E-state index >= 15 is 0 Å². The Labute approximate surface area is 195 Å². The van der Waals surface area contributed by atoms with E-state index < -0.39 is 54.7 Å². The van der Waals surface area contributed by atoms with Crippen LogP contribution < -0.4 is 10.6 Å². The Morgan fingerprint density at radius 3 is 2.50 bits per heavy atom. The van der Waals surface area contributed by atoms with Gasteiger partial charge in [0.25, 0.3) is 5.91 Å². The largest absolute Gasteiger partial charge is 0.522 e. The van der Waals surface area contributed by atoms with Crippen LogP contribution in [0.25, 0.3) is 0 Å². The summed E-state index contributed by atoms with van der Waals surface area (Å²) < 4.78 is 41.0. The van der Waals surface area contributed by atoms with Crippen LogP contribution in [-0.4, -0.2) is 77.8 Å². The van der Waals surface area contributed by atoms with E-state index in [4.69, 9.17) is 0 Å². The molecule has 0 aromatic carbocycles. The Balaban J connectivity index is 1.73. The van der Waals surface area contributed by atoms with Crippen molar-refractivity contribution < 1.29 is 42.2 Å². The predicted octanol–water partition coefficient (Wildman–Crippen LogP) is 0.891. The molecule has 2 heterocycles. The number of amides is 3. The van der Waals surface area contributed by atoms with Crippen LogP contribution in [0.3, 0.4) is 0 Å². The van der Waals surface area contributed by atoms with Gasteiger partial charge in [-0.25, -0.2) is 0 Å². The molecule has 1 saturated carbocycles. The second-order valence-corrected chi connectivity index (χ2v) is 10.1. The second kappa shape index (κ2) is 10.2. The van der Waals surface area contributed by atoms with E-state index in [-0.39, 0.29) is 30.1 Å². The monoisotopic (exact) mass is 491 g/mol. The number of ketones is 1. The number of rotatable bonds is 10. The average molecular weight is 492 g/mol. The quantitative estimate of drug-likeness (QED) is 0.417. The van der Waals surface area contributed by atoms with Gasteiger partial charge in [0.2, 0.25) is 11.8 Å². The van der Waals surface area contributed by atoms with Gasteiger partial charge in [-0.3, -0.25) is 23.9 Å². The third-order valence-electron chi connectivity index (χ3n) is 6.80. The molecule has 0 unspecified atom stereocenters. The highest BCUT2D eigenvalue weighted by molar-refractivity contribution is 5.95. The maximum Gasteiger partial charge on any atom is 0.522 e. The maximum atomic E-state index is 13.2. The molecule has 1 spiro atoms. The number of aliphatic hydroxyl groups excluding tert-OH is 1. The van der Waals surface area contributed by atoms with Crippen LogP contribution >= 0.6 is 0 Å². The van der Waals surface area contributed by atoms with Crippen molar-refractivity contribution in [1.82, 2.24) is 15.5 Å². The lowest BCUT2D eigenvalue weighted by molar-refractivity contribution is -0.321. The van der Waals surface area contributed by atoms with Crippen molar-refractivity contribution in [2.75, 3.05) is 19.7 Å². The van der Waals surface area contributed by atoms with Gasteiger partial charge in [-0.15, -0.1) is 13.2 Å². The molecule has 0 radical (unpaired) electrons. The first-order valence-electron chi connectivity index (χ1n) is 11.6. The Morgan fingerprint density at radius 1 is 1.29 bits per heavy atom. The van der Waals surface area contributed by atoms with Crippen LogP contribution in [0, 0.1) is 17.3 Å². The maximum absolute atomic E-state index is 13.2. The molecule has 0 aromatic rings. The average Bonchev–Trinajstić information content (AvgIpc) is 3.19. The van der Waals surface area contributed by atoms with Gasteiger partial charge in [0, 0.05) is 19.0 Å². The number of hydrogen-bond acceptors (Lipinski definition) is 6. The third-order valence-corrected chi connectivity index (χ3v) is 6.80. The molecule has 0 aromatic heterocycles. The van der Waals surface area contributed by atoms with Gasteiger partial charge in [-0.05, 0) is 49.9 Å². The Morgan fingerprint density at radius 2 is 1.97 bits per heavy atom. The number of nitrogens with one attached hydrogen (secondary N) is 2. The van der Waals surface area contributed by atoms with Crippen LogP contribution in [-0.2, 0) is 23.9 Å². The van der Waals surface area contributed by atoms with Crippen molar-refractivity contribution in [3.05, 3.63) is 0 Å². The minimum atomic E-state index is -5.02. The lowest BCUT2D eigenvalue weighted by Crippen LogP contribution is -2.53. The summed E-state index contributed by atoms with van der Waals surface area (Å²) in [6.07, 6.45) is -3.85. The molecule has 34 heavy (non-hydrogen) atoms. The molecule has 1 aliphatic carbocycles. The number of Topliss-reactive ketones (excluding diaryl/α,β-unsaturated/α-hetero) is 1. The molecule has 12 heteroatoms. The zero-order valence-corrected chi connectivity index (χ0v) is 19.3. The first-order chi connectivity index (χ1) is 15.8. The SMILES string of the molecule is CC(C)C[C@H](O)C(=O)N1CC2(CC2)C[C@H]1C(=O)N[C@H](C[C@@H]1CCNC1=O)C(=O)COC(F)(F)F. The molecule has 0 bridgehead atoms. The number of aliphatic hydroxyl groups is 1. The molecule has 3 rings (SSSR count). The molecule has 9 nitrogen and oxygen atoms in total. The van der Waals surface area contributed by atoms with Crippen LogP contribution in [0.1, 0.15) is 52.4 Å². The Kier molecular flexibility index (Phi) is 7.91. The Hall–Kier alpha value is -2.21. The van der Waals surface area contributed by atoms with Crippen molar-refractivity contribution in [3.63, 3.8) is 0 Å². The van der Waals surface area contributed by atoms with Gasteiger partial charge >= 0.3 is 6.36 Å². The normalized spacial score (nSPS) is 25.4. The van der Waals surface area contributed by atoms with Gasteiger partial charge < -0.3 is 20.6 Å². The molecule has 2 aliphatic heterocycles. The summed E-state index contributed by atoms with van der Waals surface area (Å²) in [5, 5.41) is 15.4. The minimum absolute atomic E-state index is 0.0527. The van der Waals surface area contributed by atoms with E-state index in [1.54, 1.807) is 0 Å². The van der Waals surface area contributed by atoms with E-state index in [2.05, 4.69) is 15.4 Å². The summed E-state index contributed by atoms with van der Waals surface area (Å²) in [6.45, 7) is 3.09. The molecule has 3 amide bonds. The van der Waals surface area contributed by atoms with E-state index in [0.29, 0.717) is 25.9 Å². The fraction of sp³-hybridized carbons (Fsp3) is 0.818. The summed E-state index contributed by atoms with van der Waals surface area (Å²) in [5.41, 5.74) is -0.209. The standard InChI is InChI=1S/C22H32F3N3O6/c1-12(2)7-16(29)20(33)28-11-21(4-5-21)9-15(28)19(32)27-14(8-13-3-6-26-18(13)31)17(30)10-34-22(23,24)25/h12-16,29H,3-11H2,1-2H3,(H,26,31)(H,27,32)/t13-,14+,15-,16-/m0/s1. The van der Waals surface area contributed by atoms with Gasteiger partial charge in [0.1, 0.15) is 18.8 Å². The number of likely N-dealkylation sites (tertiary alicyclic amines) is 1. The number of hydrogen-bond donors (Lipinski definition) is 3. The van der Waals surface area contributed by atoms with Crippen molar-refractivity contribution in [3.8, 4) is 0 Å². The molecule has 2 saturated heterocycles. The summed E-state index contributed by atoms with van der Waals surface area (Å²) in [4.78, 5) is 51.9. The number of carbonyl (C=O) groups is 4. The number of alkyl halides is 3. The molecular formula is C22H32F3N3O6. The molecule has 4 atom stereocenters. The van der Waals surface area contributed by atoms with Crippen molar-refractivity contribution >= 4 is 23.5 Å². The first kappa shape index (κ1) is 26.4. The van der Waals surface area contributed by atoms with Gasteiger partial charge in [-0.2, -0.15) is 0 Å². The van der Waals surface area contributed by atoms with Gasteiger partial charge in [-0.1, -0.05) is 13.8 Å². The summed E-state index contributed by atoms with van der Waals surface area (Å²) in [5.74, 6) is -3.19. The molecule has 192 valence electrons. The molecule has 3 aliphatic rings. The summed E-state index contributed by atoms with van der Waals surface area (Å²) in [6, 6.07) is -2.33. The zero-order valence-electron chi connectivity index (χ0n) is 19.3. The summed E-state index contributed by atoms with van der Waals surface area (Å²) in [7, 11) is 0.